The van der Waals surface area contributed by atoms with E-state index in [1.807, 2.05) is 38.1 Å². The van der Waals surface area contributed by atoms with E-state index in [2.05, 4.69) is 0 Å². The number of aryl methyl sites for hydroxylation is 1. The molecule has 5 heteroatoms. The highest BCUT2D eigenvalue weighted by Crippen LogP contribution is 2.35. The van der Waals surface area contributed by atoms with E-state index in [1.165, 1.54) is 0 Å². The first-order chi connectivity index (χ1) is 11.4. The summed E-state index contributed by atoms with van der Waals surface area (Å²) in [7, 11) is 0. The molecular weight excluding hydrogens is 315 g/mol. The Kier molecular flexibility index (Phi) is 4.18. The first-order valence-electron chi connectivity index (χ1n) is 7.68. The molecule has 3 rings (SSSR count). The molecule has 0 N–H and O–H groups in total. The van der Waals surface area contributed by atoms with Crippen LogP contribution in [0.5, 0.6) is 0 Å². The van der Waals surface area contributed by atoms with Gasteiger partial charge in [-0.05, 0) is 36.6 Å². The Bertz CT molecular complexity index is 858. The molecule has 2 nitrogen and oxygen atoms in total. The first-order valence-corrected chi connectivity index (χ1v) is 7.68. The van der Waals surface area contributed by atoms with Crippen molar-refractivity contribution in [2.75, 3.05) is 11.4 Å². The fraction of sp³-hybridized carbons (Fsp3) is 0.211. The van der Waals surface area contributed by atoms with E-state index in [0.717, 1.165) is 33.7 Å². The molecule has 0 radical (unpaired) electrons. The zero-order valence-electron chi connectivity index (χ0n) is 13.4. The molecule has 0 unspecified atom stereocenters. The molecule has 0 aliphatic carbocycles. The van der Waals surface area contributed by atoms with Crippen LogP contribution in [0.15, 0.2) is 42.0 Å². The highest BCUT2D eigenvalue weighted by atomic mass is 19.2. The van der Waals surface area contributed by atoms with Gasteiger partial charge in [0.05, 0.1) is 5.69 Å². The molecule has 24 heavy (non-hydrogen) atoms. The van der Waals surface area contributed by atoms with Crippen LogP contribution in [0, 0.1) is 24.4 Å². The number of benzene rings is 2. The second-order valence-electron chi connectivity index (χ2n) is 5.79. The van der Waals surface area contributed by atoms with Gasteiger partial charge in [-0.25, -0.2) is 13.2 Å². The Morgan fingerprint density at radius 2 is 1.83 bits per heavy atom. The predicted molar refractivity (Wildman–Crippen MR) is 87.1 cm³/mol. The molecule has 0 bridgehead atoms. The highest BCUT2D eigenvalue weighted by Gasteiger charge is 2.33. The zero-order chi connectivity index (χ0) is 17.4. The summed E-state index contributed by atoms with van der Waals surface area (Å²) in [5.41, 5.74) is 2.86. The lowest BCUT2D eigenvalue weighted by atomic mass is 9.99. The molecule has 0 spiro atoms. The number of rotatable bonds is 3. The number of anilines is 1. The molecule has 0 fully saturated rings. The van der Waals surface area contributed by atoms with Gasteiger partial charge in [-0.15, -0.1) is 0 Å². The largest absolute Gasteiger partial charge is 0.301 e. The maximum atomic E-state index is 14.1. The molecule has 1 aliphatic rings. The molecular formula is C19H16F3NO. The van der Waals surface area contributed by atoms with E-state index in [0.29, 0.717) is 12.0 Å². The predicted octanol–water partition coefficient (Wildman–Crippen LogP) is 4.62. The lowest BCUT2D eigenvalue weighted by Gasteiger charge is -2.18. The van der Waals surface area contributed by atoms with E-state index in [9.17, 15) is 18.0 Å². The lowest BCUT2D eigenvalue weighted by molar-refractivity contribution is -0.112. The van der Waals surface area contributed by atoms with Gasteiger partial charge in [0.15, 0.2) is 17.5 Å². The summed E-state index contributed by atoms with van der Waals surface area (Å²) < 4.78 is 40.8. The molecule has 2 aromatic carbocycles. The van der Waals surface area contributed by atoms with Crippen molar-refractivity contribution in [3.63, 3.8) is 0 Å². The van der Waals surface area contributed by atoms with Crippen LogP contribution in [0.25, 0.3) is 5.57 Å². The standard InChI is InChI=1S/C19H16F3NO/c1-3-12-10-23(15-8-7-14(20)17(21)18(15)22)19(24)16(12)13-6-4-5-11(2)9-13/h4-9H,3,10H2,1-2H3. The Hall–Kier alpha value is -2.56. The zero-order valence-corrected chi connectivity index (χ0v) is 13.4. The van der Waals surface area contributed by atoms with Crippen LogP contribution in [0.4, 0.5) is 18.9 Å². The van der Waals surface area contributed by atoms with Crippen molar-refractivity contribution in [3.05, 3.63) is 70.5 Å². The molecule has 0 atom stereocenters. The summed E-state index contributed by atoms with van der Waals surface area (Å²) in [6.07, 6.45) is 0.608. The van der Waals surface area contributed by atoms with Gasteiger partial charge in [-0.2, -0.15) is 0 Å². The molecule has 1 heterocycles. The molecule has 2 aromatic rings. The maximum absolute atomic E-state index is 14.1. The number of nitrogens with zero attached hydrogens (tertiary/aromatic N) is 1. The van der Waals surface area contributed by atoms with Crippen LogP contribution in [-0.2, 0) is 4.79 Å². The van der Waals surface area contributed by atoms with E-state index >= 15 is 0 Å². The van der Waals surface area contributed by atoms with Gasteiger partial charge in [0.1, 0.15) is 0 Å². The molecule has 1 amide bonds. The van der Waals surface area contributed by atoms with E-state index < -0.39 is 23.4 Å². The van der Waals surface area contributed by atoms with Crippen LogP contribution in [0.3, 0.4) is 0 Å². The first kappa shape index (κ1) is 16.3. The average molecular weight is 331 g/mol. The lowest BCUT2D eigenvalue weighted by Crippen LogP contribution is -2.28. The fourth-order valence-corrected chi connectivity index (χ4v) is 2.96. The number of amides is 1. The van der Waals surface area contributed by atoms with Gasteiger partial charge in [-0.3, -0.25) is 4.79 Å². The fourth-order valence-electron chi connectivity index (χ4n) is 2.96. The smallest absolute Gasteiger partial charge is 0.259 e. The minimum Gasteiger partial charge on any atom is -0.301 e. The minimum absolute atomic E-state index is 0.167. The minimum atomic E-state index is -1.57. The second-order valence-corrected chi connectivity index (χ2v) is 5.79. The van der Waals surface area contributed by atoms with Crippen LogP contribution >= 0.6 is 0 Å². The third-order valence-electron chi connectivity index (χ3n) is 4.20. The van der Waals surface area contributed by atoms with Crippen molar-refractivity contribution in [2.45, 2.75) is 20.3 Å². The van der Waals surface area contributed by atoms with Crippen molar-refractivity contribution >= 4 is 17.2 Å². The Balaban J connectivity index is 2.05. The van der Waals surface area contributed by atoms with Crippen LogP contribution in [0.2, 0.25) is 0 Å². The van der Waals surface area contributed by atoms with Gasteiger partial charge < -0.3 is 4.90 Å². The molecule has 1 aliphatic heterocycles. The summed E-state index contributed by atoms with van der Waals surface area (Å²) in [6.45, 7) is 3.99. The average Bonchev–Trinajstić information content (AvgIpc) is 2.89. The van der Waals surface area contributed by atoms with Crippen molar-refractivity contribution in [3.8, 4) is 0 Å². The number of hydrogen-bond donors (Lipinski definition) is 0. The Morgan fingerprint density at radius 1 is 1.08 bits per heavy atom. The summed E-state index contributed by atoms with van der Waals surface area (Å²) in [4.78, 5) is 14.0. The SMILES string of the molecule is CCC1=C(c2cccc(C)c2)C(=O)N(c2ccc(F)c(F)c2F)C1. The van der Waals surface area contributed by atoms with Crippen LogP contribution in [-0.4, -0.2) is 12.5 Å². The summed E-state index contributed by atoms with van der Waals surface area (Å²) in [5, 5.41) is 0. The number of hydrogen-bond acceptors (Lipinski definition) is 1. The number of carbonyl (C=O) groups excluding carboxylic acids is 1. The number of halogens is 3. The summed E-state index contributed by atoms with van der Waals surface area (Å²) >= 11 is 0. The Labute approximate surface area is 138 Å². The molecule has 124 valence electrons. The van der Waals surface area contributed by atoms with E-state index in [-0.39, 0.29) is 12.2 Å². The summed E-state index contributed by atoms with van der Waals surface area (Å²) in [5.74, 6) is -4.58. The van der Waals surface area contributed by atoms with Crippen molar-refractivity contribution in [2.24, 2.45) is 0 Å². The normalized spacial score (nSPS) is 14.7. The van der Waals surface area contributed by atoms with Crippen molar-refractivity contribution in [1.82, 2.24) is 0 Å². The quantitative estimate of drug-likeness (QED) is 0.751. The van der Waals surface area contributed by atoms with Gasteiger partial charge in [-0.1, -0.05) is 36.8 Å². The summed E-state index contributed by atoms with van der Waals surface area (Å²) in [6, 6.07) is 9.39. The Morgan fingerprint density at radius 3 is 2.50 bits per heavy atom. The van der Waals surface area contributed by atoms with E-state index in [1.54, 1.807) is 0 Å². The van der Waals surface area contributed by atoms with Gasteiger partial charge in [0.25, 0.3) is 5.91 Å². The molecule has 0 saturated carbocycles. The molecule has 0 aromatic heterocycles. The topological polar surface area (TPSA) is 20.3 Å². The van der Waals surface area contributed by atoms with Gasteiger partial charge in [0, 0.05) is 12.1 Å². The molecule has 0 saturated heterocycles. The van der Waals surface area contributed by atoms with Gasteiger partial charge >= 0.3 is 0 Å². The highest BCUT2D eigenvalue weighted by molar-refractivity contribution is 6.29. The second kappa shape index (κ2) is 6.15. The van der Waals surface area contributed by atoms with Gasteiger partial charge in [0.2, 0.25) is 0 Å². The monoisotopic (exact) mass is 331 g/mol. The third-order valence-corrected chi connectivity index (χ3v) is 4.20. The van der Waals surface area contributed by atoms with Crippen LogP contribution in [0.1, 0.15) is 24.5 Å². The number of carbonyl (C=O) groups is 1. The van der Waals surface area contributed by atoms with Crippen molar-refractivity contribution < 1.29 is 18.0 Å². The maximum Gasteiger partial charge on any atom is 0.259 e. The van der Waals surface area contributed by atoms with Crippen molar-refractivity contribution in [1.29, 1.82) is 0 Å². The van der Waals surface area contributed by atoms with E-state index in [4.69, 9.17) is 0 Å². The third kappa shape index (κ3) is 2.60. The van der Waals surface area contributed by atoms with Crippen LogP contribution < -0.4 is 4.90 Å².